The Kier molecular flexibility index (Phi) is 2.59. The van der Waals surface area contributed by atoms with Crippen LogP contribution in [0.25, 0.3) is 22.3 Å². The van der Waals surface area contributed by atoms with Gasteiger partial charge in [-0.05, 0) is 32.0 Å². The largest absolute Gasteiger partial charge is 0.294 e. The molecule has 0 spiro atoms. The minimum Gasteiger partial charge on any atom is -0.294 e. The van der Waals surface area contributed by atoms with E-state index in [1.165, 1.54) is 6.92 Å². The van der Waals surface area contributed by atoms with Gasteiger partial charge < -0.3 is 0 Å². The van der Waals surface area contributed by atoms with E-state index in [0.29, 0.717) is 11.2 Å². The molecule has 5 heteroatoms. The van der Waals surface area contributed by atoms with Crippen LogP contribution < -0.4 is 0 Å². The number of nitrogens with zero attached hydrogens (tertiary/aromatic N) is 3. The lowest BCUT2D eigenvalue weighted by molar-refractivity contribution is 0.101. The molecule has 3 heterocycles. The van der Waals surface area contributed by atoms with E-state index >= 15 is 0 Å². The molecule has 0 bridgehead atoms. The number of carbonyl (C=O) groups excluding carboxylic acids is 1. The molecule has 3 rings (SSSR count). The molecule has 0 aliphatic carbocycles. The number of aromatic amines is 1. The number of hydrogen-bond acceptors (Lipinski definition) is 4. The zero-order valence-corrected chi connectivity index (χ0v) is 10.6. The molecule has 0 aromatic carbocycles. The van der Waals surface area contributed by atoms with Gasteiger partial charge in [0.2, 0.25) is 0 Å². The van der Waals surface area contributed by atoms with Crippen LogP contribution in [0.2, 0.25) is 0 Å². The van der Waals surface area contributed by atoms with E-state index in [0.717, 1.165) is 22.3 Å². The number of pyridine rings is 2. The van der Waals surface area contributed by atoms with Crippen LogP contribution in [-0.4, -0.2) is 25.9 Å². The number of H-pyrrole nitrogens is 1. The van der Waals surface area contributed by atoms with Gasteiger partial charge in [-0.1, -0.05) is 0 Å². The lowest BCUT2D eigenvalue weighted by atomic mass is 10.1. The van der Waals surface area contributed by atoms with Crippen molar-refractivity contribution in [2.45, 2.75) is 13.8 Å². The number of ketones is 1. The van der Waals surface area contributed by atoms with E-state index in [1.807, 2.05) is 25.1 Å². The average Bonchev–Trinajstić information content (AvgIpc) is 2.81. The van der Waals surface area contributed by atoms with E-state index in [4.69, 9.17) is 0 Å². The highest BCUT2D eigenvalue weighted by atomic mass is 16.1. The summed E-state index contributed by atoms with van der Waals surface area (Å²) in [5.41, 5.74) is 3.93. The summed E-state index contributed by atoms with van der Waals surface area (Å²) in [4.78, 5) is 19.8. The second kappa shape index (κ2) is 4.28. The molecule has 0 unspecified atom stereocenters. The van der Waals surface area contributed by atoms with Crippen LogP contribution >= 0.6 is 0 Å². The molecule has 19 heavy (non-hydrogen) atoms. The standard InChI is InChI=1S/C14H12N4O/c1-8-5-10(3-4-15-8)13-12-6-11(9(2)19)7-16-14(12)18-17-13/h3-7H,1-2H3,(H,16,17,18). The molecule has 0 aliphatic heterocycles. The molecule has 3 aromatic rings. The van der Waals surface area contributed by atoms with Crippen LogP contribution in [0.4, 0.5) is 0 Å². The third kappa shape index (κ3) is 1.99. The van der Waals surface area contributed by atoms with Crippen molar-refractivity contribution >= 4 is 16.8 Å². The molecule has 0 fully saturated rings. The zero-order chi connectivity index (χ0) is 13.4. The van der Waals surface area contributed by atoms with E-state index in [1.54, 1.807) is 12.4 Å². The number of hydrogen-bond donors (Lipinski definition) is 1. The Morgan fingerprint density at radius 2 is 2.11 bits per heavy atom. The topological polar surface area (TPSA) is 71.5 Å². The highest BCUT2D eigenvalue weighted by molar-refractivity contribution is 5.99. The van der Waals surface area contributed by atoms with Gasteiger partial charge in [0.15, 0.2) is 11.4 Å². The summed E-state index contributed by atoms with van der Waals surface area (Å²) >= 11 is 0. The van der Waals surface area contributed by atoms with Crippen molar-refractivity contribution in [1.82, 2.24) is 20.2 Å². The number of nitrogens with one attached hydrogen (secondary N) is 1. The highest BCUT2D eigenvalue weighted by Gasteiger charge is 2.11. The molecule has 0 saturated carbocycles. The fraction of sp³-hybridized carbons (Fsp3) is 0.143. The van der Waals surface area contributed by atoms with Gasteiger partial charge in [0.1, 0.15) is 5.69 Å². The smallest absolute Gasteiger partial charge is 0.161 e. The van der Waals surface area contributed by atoms with E-state index in [-0.39, 0.29) is 5.78 Å². The maximum absolute atomic E-state index is 11.4. The first kappa shape index (κ1) is 11.5. The predicted molar refractivity (Wildman–Crippen MR) is 71.9 cm³/mol. The Bertz CT molecular complexity index is 776. The lowest BCUT2D eigenvalue weighted by Crippen LogP contribution is -1.93. The maximum Gasteiger partial charge on any atom is 0.161 e. The summed E-state index contributed by atoms with van der Waals surface area (Å²) in [7, 11) is 0. The number of Topliss-reactive ketones (excluding diaryl/α,β-unsaturated/α-hetero) is 1. The highest BCUT2D eigenvalue weighted by Crippen LogP contribution is 2.25. The minimum atomic E-state index is -0.00698. The molecule has 0 radical (unpaired) electrons. The van der Waals surface area contributed by atoms with Crippen molar-refractivity contribution < 1.29 is 4.79 Å². The third-order valence-corrected chi connectivity index (χ3v) is 2.99. The summed E-state index contributed by atoms with van der Waals surface area (Å²) in [6.45, 7) is 3.46. The van der Waals surface area contributed by atoms with Crippen LogP contribution in [0.3, 0.4) is 0 Å². The second-order valence-electron chi connectivity index (χ2n) is 4.43. The van der Waals surface area contributed by atoms with Crippen molar-refractivity contribution in [2.24, 2.45) is 0 Å². The molecule has 0 aliphatic rings. The number of rotatable bonds is 2. The van der Waals surface area contributed by atoms with Gasteiger partial charge in [0.25, 0.3) is 0 Å². The summed E-state index contributed by atoms with van der Waals surface area (Å²) in [6.07, 6.45) is 3.30. The Balaban J connectivity index is 2.24. The normalized spacial score (nSPS) is 10.8. The first-order chi connectivity index (χ1) is 9.15. The van der Waals surface area contributed by atoms with Crippen molar-refractivity contribution in [3.63, 3.8) is 0 Å². The van der Waals surface area contributed by atoms with E-state index in [9.17, 15) is 4.79 Å². The molecular weight excluding hydrogens is 240 g/mol. The summed E-state index contributed by atoms with van der Waals surface area (Å²) < 4.78 is 0. The molecule has 1 N–H and O–H groups in total. The Hall–Kier alpha value is -2.56. The molecule has 0 atom stereocenters. The van der Waals surface area contributed by atoms with Gasteiger partial charge in [-0.15, -0.1) is 0 Å². The van der Waals surface area contributed by atoms with Crippen molar-refractivity contribution in [3.05, 3.63) is 41.9 Å². The fourth-order valence-corrected chi connectivity index (χ4v) is 2.01. The van der Waals surface area contributed by atoms with Crippen LogP contribution in [-0.2, 0) is 0 Å². The monoisotopic (exact) mass is 252 g/mol. The molecule has 0 amide bonds. The molecule has 0 saturated heterocycles. The molecule has 94 valence electrons. The SMILES string of the molecule is CC(=O)c1cnc2[nH]nc(-c3ccnc(C)c3)c2c1. The van der Waals surface area contributed by atoms with Crippen molar-refractivity contribution in [3.8, 4) is 11.3 Å². The van der Waals surface area contributed by atoms with Crippen LogP contribution in [0.1, 0.15) is 23.0 Å². The van der Waals surface area contributed by atoms with Crippen molar-refractivity contribution in [2.75, 3.05) is 0 Å². The Morgan fingerprint density at radius 1 is 1.26 bits per heavy atom. The quantitative estimate of drug-likeness (QED) is 0.711. The third-order valence-electron chi connectivity index (χ3n) is 2.99. The second-order valence-corrected chi connectivity index (χ2v) is 4.43. The predicted octanol–water partition coefficient (Wildman–Crippen LogP) is 2.53. The van der Waals surface area contributed by atoms with Gasteiger partial charge in [0.05, 0.1) is 0 Å². The summed E-state index contributed by atoms with van der Waals surface area (Å²) in [5, 5.41) is 8.01. The zero-order valence-electron chi connectivity index (χ0n) is 10.6. The van der Waals surface area contributed by atoms with Gasteiger partial charge in [-0.2, -0.15) is 5.10 Å². The van der Waals surface area contributed by atoms with Crippen LogP contribution in [0.15, 0.2) is 30.6 Å². The lowest BCUT2D eigenvalue weighted by Gasteiger charge is -2.00. The van der Waals surface area contributed by atoms with Gasteiger partial charge in [-0.3, -0.25) is 14.9 Å². The van der Waals surface area contributed by atoms with E-state index in [2.05, 4.69) is 20.2 Å². The molecule has 5 nitrogen and oxygen atoms in total. The van der Waals surface area contributed by atoms with Gasteiger partial charge >= 0.3 is 0 Å². The fourth-order valence-electron chi connectivity index (χ4n) is 2.01. The minimum absolute atomic E-state index is 0.00698. The van der Waals surface area contributed by atoms with Crippen LogP contribution in [0.5, 0.6) is 0 Å². The molecule has 3 aromatic heterocycles. The first-order valence-corrected chi connectivity index (χ1v) is 5.93. The number of carbonyl (C=O) groups is 1. The van der Waals surface area contributed by atoms with Gasteiger partial charge in [-0.25, -0.2) is 4.98 Å². The Labute approximate surface area is 109 Å². The number of fused-ring (bicyclic) bond motifs is 1. The summed E-state index contributed by atoms with van der Waals surface area (Å²) in [6, 6.07) is 5.67. The van der Waals surface area contributed by atoms with Crippen molar-refractivity contribution in [1.29, 1.82) is 0 Å². The van der Waals surface area contributed by atoms with Gasteiger partial charge in [0, 0.05) is 34.6 Å². The number of aromatic nitrogens is 4. The maximum atomic E-state index is 11.4. The van der Waals surface area contributed by atoms with Crippen LogP contribution in [0, 0.1) is 6.92 Å². The average molecular weight is 252 g/mol. The number of aryl methyl sites for hydroxylation is 1. The first-order valence-electron chi connectivity index (χ1n) is 5.93. The van der Waals surface area contributed by atoms with E-state index < -0.39 is 0 Å². The Morgan fingerprint density at radius 3 is 2.84 bits per heavy atom. The molecular formula is C14H12N4O. The summed E-state index contributed by atoms with van der Waals surface area (Å²) in [5.74, 6) is -0.00698.